The zero-order chi connectivity index (χ0) is 6.74. The molecule has 1 saturated carbocycles. The first-order valence-electron chi connectivity index (χ1n) is 2.96. The smallest absolute Gasteiger partial charge is 0.309 e. The van der Waals surface area contributed by atoms with Gasteiger partial charge in [0.05, 0.1) is 12.1 Å². The number of hydrogen-bond acceptors (Lipinski definition) is 2. The molecule has 3 nitrogen and oxygen atoms in total. The normalized spacial score (nSPS) is 21.0. The first-order valence-corrected chi connectivity index (χ1v) is 2.96. The summed E-state index contributed by atoms with van der Waals surface area (Å²) in [5.74, 6) is 0. The summed E-state index contributed by atoms with van der Waals surface area (Å²) in [6.45, 7) is 0.613. The Morgan fingerprint density at radius 3 is 2.78 bits per heavy atom. The lowest BCUT2D eigenvalue weighted by molar-refractivity contribution is 0.165. The predicted molar refractivity (Wildman–Crippen MR) is 32.7 cm³/mol. The van der Waals surface area contributed by atoms with Gasteiger partial charge in [-0.15, -0.1) is 0 Å². The second kappa shape index (κ2) is 2.35. The number of amides is 1. The monoisotopic (exact) mass is 128 g/mol. The second-order valence-corrected chi connectivity index (χ2v) is 2.44. The zero-order valence-electron chi connectivity index (χ0n) is 5.44. The number of carbonyl (C=O) groups excluding carboxylic acids is 1. The van der Waals surface area contributed by atoms with E-state index in [1.807, 2.05) is 0 Å². The average molecular weight is 128 g/mol. The fraction of sp³-hybridized carbons (Fsp3) is 0.833. The van der Waals surface area contributed by atoms with Gasteiger partial charge in [0.25, 0.3) is 0 Å². The van der Waals surface area contributed by atoms with Gasteiger partial charge in [-0.1, -0.05) is 0 Å². The van der Waals surface area contributed by atoms with Crippen molar-refractivity contribution < 1.29 is 9.53 Å². The molecule has 0 unspecified atom stereocenters. The minimum atomic E-state index is -0.0451. The highest BCUT2D eigenvalue weighted by Crippen LogP contribution is 2.34. The Morgan fingerprint density at radius 2 is 2.44 bits per heavy atom. The minimum Gasteiger partial charge on any atom is -0.382 e. The van der Waals surface area contributed by atoms with Crippen LogP contribution in [0.1, 0.15) is 12.8 Å². The molecular weight excluding hydrogens is 118 g/mol. The highest BCUT2D eigenvalue weighted by atomic mass is 16.5. The SMILES string of the molecule is COCC1(N[C]=O)CC1. The number of ether oxygens (including phenoxy) is 1. The average Bonchev–Trinajstić information content (AvgIpc) is 2.51. The first-order chi connectivity index (χ1) is 4.33. The Kier molecular flexibility index (Phi) is 1.71. The number of methoxy groups -OCH3 is 1. The molecule has 1 fully saturated rings. The molecule has 0 aromatic rings. The molecule has 1 aliphatic carbocycles. The molecular formula is C6H10NO2. The summed E-state index contributed by atoms with van der Waals surface area (Å²) in [6, 6.07) is 0. The predicted octanol–water partition coefficient (Wildman–Crippen LogP) is -0.178. The molecule has 1 rings (SSSR count). The van der Waals surface area contributed by atoms with Crippen LogP contribution in [-0.2, 0) is 9.53 Å². The van der Waals surface area contributed by atoms with Crippen molar-refractivity contribution in [3.05, 3.63) is 0 Å². The largest absolute Gasteiger partial charge is 0.382 e. The molecule has 9 heavy (non-hydrogen) atoms. The lowest BCUT2D eigenvalue weighted by Crippen LogP contribution is -2.34. The third-order valence-corrected chi connectivity index (χ3v) is 1.59. The molecule has 0 aromatic carbocycles. The first kappa shape index (κ1) is 6.55. The second-order valence-electron chi connectivity index (χ2n) is 2.44. The third-order valence-electron chi connectivity index (χ3n) is 1.59. The Balaban J connectivity index is 2.24. The molecule has 1 amide bonds. The topological polar surface area (TPSA) is 38.3 Å². The van der Waals surface area contributed by atoms with E-state index in [1.165, 1.54) is 0 Å². The van der Waals surface area contributed by atoms with Crippen LogP contribution < -0.4 is 5.32 Å². The van der Waals surface area contributed by atoms with E-state index in [0.717, 1.165) is 12.8 Å². The van der Waals surface area contributed by atoms with Crippen LogP contribution in [0.15, 0.2) is 0 Å². The molecule has 1 aliphatic rings. The van der Waals surface area contributed by atoms with E-state index in [1.54, 1.807) is 13.5 Å². The standard InChI is InChI=1S/C6H10NO2/c1-9-4-6(2-3-6)7-5-8/h2-4H2,1H3,(H,7,8). The van der Waals surface area contributed by atoms with Gasteiger partial charge in [-0.2, -0.15) is 0 Å². The zero-order valence-corrected chi connectivity index (χ0v) is 5.44. The number of rotatable bonds is 4. The van der Waals surface area contributed by atoms with Crippen LogP contribution in [0, 0.1) is 0 Å². The van der Waals surface area contributed by atoms with E-state index in [9.17, 15) is 4.79 Å². The molecule has 1 N–H and O–H groups in total. The third kappa shape index (κ3) is 1.42. The van der Waals surface area contributed by atoms with Crippen LogP contribution in [0.5, 0.6) is 0 Å². The summed E-state index contributed by atoms with van der Waals surface area (Å²) in [5.41, 5.74) is -0.0451. The summed E-state index contributed by atoms with van der Waals surface area (Å²) in [7, 11) is 1.63. The Hall–Kier alpha value is -0.570. The summed E-state index contributed by atoms with van der Waals surface area (Å²) < 4.78 is 4.88. The van der Waals surface area contributed by atoms with Crippen LogP contribution >= 0.6 is 0 Å². The number of hydrogen-bond donors (Lipinski definition) is 1. The van der Waals surface area contributed by atoms with Crippen LogP contribution in [0.3, 0.4) is 0 Å². The summed E-state index contributed by atoms with van der Waals surface area (Å²) in [4.78, 5) is 9.84. The van der Waals surface area contributed by atoms with Crippen molar-refractivity contribution >= 4 is 6.41 Å². The molecule has 3 heteroatoms. The van der Waals surface area contributed by atoms with Crippen molar-refractivity contribution in [2.75, 3.05) is 13.7 Å². The molecule has 0 saturated heterocycles. The van der Waals surface area contributed by atoms with Crippen molar-refractivity contribution in [3.63, 3.8) is 0 Å². The quantitative estimate of drug-likeness (QED) is 0.533. The van der Waals surface area contributed by atoms with Gasteiger partial charge in [0.15, 0.2) is 0 Å². The fourth-order valence-electron chi connectivity index (χ4n) is 0.841. The van der Waals surface area contributed by atoms with Crippen molar-refractivity contribution in [3.8, 4) is 0 Å². The maximum absolute atomic E-state index is 9.84. The van der Waals surface area contributed by atoms with Crippen LogP contribution in [0.2, 0.25) is 0 Å². The molecule has 51 valence electrons. The lowest BCUT2D eigenvalue weighted by Gasteiger charge is -2.10. The number of nitrogens with one attached hydrogen (secondary N) is 1. The van der Waals surface area contributed by atoms with Gasteiger partial charge in [0.2, 0.25) is 0 Å². The molecule has 0 bridgehead atoms. The van der Waals surface area contributed by atoms with E-state index < -0.39 is 0 Å². The Morgan fingerprint density at radius 1 is 1.78 bits per heavy atom. The van der Waals surface area contributed by atoms with Gasteiger partial charge in [0.1, 0.15) is 0 Å². The van der Waals surface area contributed by atoms with Gasteiger partial charge in [-0.3, -0.25) is 4.79 Å². The van der Waals surface area contributed by atoms with Crippen LogP contribution in [0.4, 0.5) is 0 Å². The summed E-state index contributed by atoms with van der Waals surface area (Å²) in [6.07, 6.45) is 3.72. The molecule has 0 atom stereocenters. The van der Waals surface area contributed by atoms with Gasteiger partial charge in [0, 0.05) is 7.11 Å². The van der Waals surface area contributed by atoms with Crippen molar-refractivity contribution in [2.24, 2.45) is 0 Å². The molecule has 0 aliphatic heterocycles. The highest BCUT2D eigenvalue weighted by molar-refractivity contribution is 5.50. The highest BCUT2D eigenvalue weighted by Gasteiger charge is 2.42. The van der Waals surface area contributed by atoms with Crippen molar-refractivity contribution in [2.45, 2.75) is 18.4 Å². The summed E-state index contributed by atoms with van der Waals surface area (Å²) >= 11 is 0. The molecule has 0 aromatic heterocycles. The van der Waals surface area contributed by atoms with Crippen molar-refractivity contribution in [1.82, 2.24) is 5.32 Å². The Labute approximate surface area is 54.4 Å². The van der Waals surface area contributed by atoms with Gasteiger partial charge in [-0.05, 0) is 12.8 Å². The van der Waals surface area contributed by atoms with Gasteiger partial charge >= 0.3 is 6.41 Å². The fourth-order valence-corrected chi connectivity index (χ4v) is 0.841. The van der Waals surface area contributed by atoms with Crippen molar-refractivity contribution in [1.29, 1.82) is 0 Å². The Bertz CT molecular complexity index is 110. The van der Waals surface area contributed by atoms with Crippen LogP contribution in [-0.4, -0.2) is 25.7 Å². The summed E-state index contributed by atoms with van der Waals surface area (Å²) in [5, 5.41) is 2.60. The minimum absolute atomic E-state index is 0.0451. The maximum atomic E-state index is 9.84. The molecule has 0 heterocycles. The molecule has 0 spiro atoms. The lowest BCUT2D eigenvalue weighted by atomic mass is 10.3. The van der Waals surface area contributed by atoms with E-state index in [-0.39, 0.29) is 5.54 Å². The van der Waals surface area contributed by atoms with E-state index >= 15 is 0 Å². The van der Waals surface area contributed by atoms with Crippen LogP contribution in [0.25, 0.3) is 0 Å². The van der Waals surface area contributed by atoms with Gasteiger partial charge < -0.3 is 10.1 Å². The van der Waals surface area contributed by atoms with Gasteiger partial charge in [-0.25, -0.2) is 0 Å². The maximum Gasteiger partial charge on any atom is 0.309 e. The van der Waals surface area contributed by atoms with E-state index in [0.29, 0.717) is 6.61 Å². The molecule has 1 radical (unpaired) electrons. The van der Waals surface area contributed by atoms with E-state index in [2.05, 4.69) is 5.32 Å². The van der Waals surface area contributed by atoms with E-state index in [4.69, 9.17) is 4.74 Å².